The Morgan fingerprint density at radius 3 is 2.77 bits per heavy atom. The lowest BCUT2D eigenvalue weighted by atomic mass is 10.1. The molecule has 1 atom stereocenters. The molecule has 1 aromatic heterocycles. The molecule has 1 N–H and O–H groups in total. The first-order chi connectivity index (χ1) is 14.3. The van der Waals surface area contributed by atoms with Crippen LogP contribution in [0.4, 0.5) is 0 Å². The van der Waals surface area contributed by atoms with Gasteiger partial charge in [0.2, 0.25) is 5.91 Å². The van der Waals surface area contributed by atoms with E-state index in [4.69, 9.17) is 9.47 Å². The summed E-state index contributed by atoms with van der Waals surface area (Å²) in [5, 5.41) is 11.8. The van der Waals surface area contributed by atoms with Crippen LogP contribution >= 0.6 is 0 Å². The number of hydrogen-bond acceptors (Lipinski definition) is 6. The monoisotopic (exact) mass is 416 g/mol. The number of nitrogens with one attached hydrogen (secondary N) is 1. The molecular formula is C21H28N4O5. The van der Waals surface area contributed by atoms with E-state index in [-0.39, 0.29) is 24.1 Å². The average Bonchev–Trinajstić information content (AvgIpc) is 3.33. The van der Waals surface area contributed by atoms with Gasteiger partial charge >= 0.3 is 5.97 Å². The predicted octanol–water partition coefficient (Wildman–Crippen LogP) is 0.939. The molecule has 0 spiro atoms. The number of ether oxygens (including phenoxy) is 2. The van der Waals surface area contributed by atoms with Crippen LogP contribution in [0.2, 0.25) is 0 Å². The Morgan fingerprint density at radius 1 is 1.43 bits per heavy atom. The van der Waals surface area contributed by atoms with Gasteiger partial charge in [0.15, 0.2) is 6.61 Å². The normalized spacial score (nSPS) is 16.1. The fraction of sp³-hybridized carbons (Fsp3) is 0.524. The van der Waals surface area contributed by atoms with Crippen molar-refractivity contribution in [1.82, 2.24) is 14.8 Å². The second kappa shape index (κ2) is 10.6. The molecule has 0 aromatic carbocycles. The number of carbonyl (C=O) groups is 3. The molecule has 0 radical (unpaired) electrons. The third kappa shape index (κ3) is 5.94. The van der Waals surface area contributed by atoms with Crippen molar-refractivity contribution in [2.45, 2.75) is 39.3 Å². The summed E-state index contributed by atoms with van der Waals surface area (Å²) in [6, 6.07) is 3.74. The number of likely N-dealkylation sites (N-methyl/N-ethyl adjacent to an activating group) is 2. The number of amides is 2. The van der Waals surface area contributed by atoms with Crippen LogP contribution in [-0.2, 0) is 30.4 Å². The van der Waals surface area contributed by atoms with Crippen molar-refractivity contribution in [2.75, 3.05) is 33.9 Å². The number of esters is 1. The van der Waals surface area contributed by atoms with E-state index >= 15 is 0 Å². The molecule has 162 valence electrons. The summed E-state index contributed by atoms with van der Waals surface area (Å²) in [7, 11) is 2.89. The Bertz CT molecular complexity index is 875. The minimum atomic E-state index is -0.886. The molecule has 2 heterocycles. The fourth-order valence-corrected chi connectivity index (χ4v) is 3.24. The van der Waals surface area contributed by atoms with E-state index in [0.29, 0.717) is 0 Å². The number of nitriles is 1. The third-order valence-electron chi connectivity index (χ3n) is 5.08. The zero-order valence-electron chi connectivity index (χ0n) is 17.9. The zero-order valence-corrected chi connectivity index (χ0v) is 17.9. The number of rotatable bonds is 8. The molecule has 1 saturated heterocycles. The molecule has 1 aliphatic heterocycles. The SMILES string of the molecule is CNC(=O)CN(C)C(=O)COC(=O)/C(C#N)=C/c1cc(C)n(C[C@@H]2CCCO2)c1C. The summed E-state index contributed by atoms with van der Waals surface area (Å²) < 4.78 is 12.8. The van der Waals surface area contributed by atoms with Crippen LogP contribution in [0.15, 0.2) is 11.6 Å². The molecular weight excluding hydrogens is 388 g/mol. The van der Waals surface area contributed by atoms with Gasteiger partial charge in [-0.2, -0.15) is 5.26 Å². The van der Waals surface area contributed by atoms with Crippen LogP contribution < -0.4 is 5.32 Å². The highest BCUT2D eigenvalue weighted by Gasteiger charge is 2.20. The van der Waals surface area contributed by atoms with Gasteiger partial charge in [-0.15, -0.1) is 0 Å². The van der Waals surface area contributed by atoms with E-state index in [1.807, 2.05) is 26.0 Å². The van der Waals surface area contributed by atoms with Gasteiger partial charge in [-0.05, 0) is 44.4 Å². The molecule has 2 amide bonds. The minimum absolute atomic E-state index is 0.148. The van der Waals surface area contributed by atoms with E-state index < -0.39 is 18.5 Å². The van der Waals surface area contributed by atoms with Crippen molar-refractivity contribution < 1.29 is 23.9 Å². The molecule has 9 nitrogen and oxygen atoms in total. The minimum Gasteiger partial charge on any atom is -0.451 e. The van der Waals surface area contributed by atoms with E-state index in [1.54, 1.807) is 0 Å². The highest BCUT2D eigenvalue weighted by molar-refractivity contribution is 5.99. The molecule has 0 unspecified atom stereocenters. The fourth-order valence-electron chi connectivity index (χ4n) is 3.24. The van der Waals surface area contributed by atoms with Crippen molar-refractivity contribution in [3.63, 3.8) is 0 Å². The highest BCUT2D eigenvalue weighted by atomic mass is 16.5. The van der Waals surface area contributed by atoms with Gasteiger partial charge in [0.25, 0.3) is 5.91 Å². The van der Waals surface area contributed by atoms with Crippen LogP contribution in [0.5, 0.6) is 0 Å². The Balaban J connectivity index is 2.04. The maximum absolute atomic E-state index is 12.3. The van der Waals surface area contributed by atoms with Gasteiger partial charge in [-0.1, -0.05) is 0 Å². The average molecular weight is 416 g/mol. The van der Waals surface area contributed by atoms with Crippen molar-refractivity contribution in [3.8, 4) is 6.07 Å². The van der Waals surface area contributed by atoms with E-state index in [2.05, 4.69) is 9.88 Å². The largest absolute Gasteiger partial charge is 0.451 e. The van der Waals surface area contributed by atoms with Crippen LogP contribution in [0.1, 0.15) is 29.8 Å². The molecule has 0 bridgehead atoms. The third-order valence-corrected chi connectivity index (χ3v) is 5.08. The van der Waals surface area contributed by atoms with Crippen molar-refractivity contribution in [2.24, 2.45) is 0 Å². The first kappa shape index (κ1) is 23.2. The first-order valence-electron chi connectivity index (χ1n) is 9.78. The summed E-state index contributed by atoms with van der Waals surface area (Å²) in [5.74, 6) is -1.77. The summed E-state index contributed by atoms with van der Waals surface area (Å²) in [4.78, 5) is 36.7. The summed E-state index contributed by atoms with van der Waals surface area (Å²) in [6.45, 7) is 4.69. The molecule has 2 rings (SSSR count). The molecule has 1 aliphatic rings. The van der Waals surface area contributed by atoms with Crippen LogP contribution in [0.25, 0.3) is 6.08 Å². The van der Waals surface area contributed by atoms with Gasteiger partial charge < -0.3 is 24.3 Å². The van der Waals surface area contributed by atoms with E-state index in [9.17, 15) is 19.6 Å². The number of carbonyl (C=O) groups excluding carboxylic acids is 3. The van der Waals surface area contributed by atoms with Crippen LogP contribution in [0.3, 0.4) is 0 Å². The number of hydrogen-bond donors (Lipinski definition) is 1. The second-order valence-electron chi connectivity index (χ2n) is 7.24. The van der Waals surface area contributed by atoms with Crippen molar-refractivity contribution >= 4 is 23.9 Å². The molecule has 1 fully saturated rings. The topological polar surface area (TPSA) is 114 Å². The smallest absolute Gasteiger partial charge is 0.349 e. The van der Waals surface area contributed by atoms with Gasteiger partial charge in [-0.3, -0.25) is 9.59 Å². The Labute approximate surface area is 176 Å². The lowest BCUT2D eigenvalue weighted by Crippen LogP contribution is -2.39. The lowest BCUT2D eigenvalue weighted by Gasteiger charge is -2.15. The number of nitrogens with zero attached hydrogens (tertiary/aromatic N) is 3. The van der Waals surface area contributed by atoms with Crippen molar-refractivity contribution in [1.29, 1.82) is 5.26 Å². The van der Waals surface area contributed by atoms with Crippen LogP contribution in [-0.4, -0.2) is 67.2 Å². The van der Waals surface area contributed by atoms with Gasteiger partial charge in [0.1, 0.15) is 11.6 Å². The van der Waals surface area contributed by atoms with Gasteiger partial charge in [0, 0.05) is 38.6 Å². The standard InChI is InChI=1S/C21H28N4O5/c1-14-8-16(15(2)25(14)11-18-6-5-7-29-18)9-17(10-22)21(28)30-13-20(27)24(4)12-19(26)23-3/h8-9,18H,5-7,11-13H2,1-4H3,(H,23,26)/b17-9+/t18-/m0/s1. The second-order valence-corrected chi connectivity index (χ2v) is 7.24. The summed E-state index contributed by atoms with van der Waals surface area (Å²) in [5.41, 5.74) is 2.46. The zero-order chi connectivity index (χ0) is 22.3. The van der Waals surface area contributed by atoms with Crippen LogP contribution in [0, 0.1) is 25.2 Å². The highest BCUT2D eigenvalue weighted by Crippen LogP contribution is 2.22. The molecule has 1 aromatic rings. The number of aryl methyl sites for hydroxylation is 1. The quantitative estimate of drug-likeness (QED) is 0.383. The predicted molar refractivity (Wildman–Crippen MR) is 109 cm³/mol. The number of aromatic nitrogens is 1. The Hall–Kier alpha value is -3.12. The maximum atomic E-state index is 12.3. The molecule has 30 heavy (non-hydrogen) atoms. The molecule has 9 heteroatoms. The Kier molecular flexibility index (Phi) is 8.18. The first-order valence-corrected chi connectivity index (χ1v) is 9.78. The van der Waals surface area contributed by atoms with E-state index in [0.717, 1.165) is 47.8 Å². The summed E-state index contributed by atoms with van der Waals surface area (Å²) in [6.07, 6.45) is 3.71. The van der Waals surface area contributed by atoms with Gasteiger partial charge in [0.05, 0.1) is 12.6 Å². The van der Waals surface area contributed by atoms with E-state index in [1.165, 1.54) is 20.2 Å². The molecule has 0 saturated carbocycles. The lowest BCUT2D eigenvalue weighted by molar-refractivity contribution is -0.148. The molecule has 0 aliphatic carbocycles. The van der Waals surface area contributed by atoms with Gasteiger partial charge in [-0.25, -0.2) is 4.79 Å². The maximum Gasteiger partial charge on any atom is 0.349 e. The summed E-state index contributed by atoms with van der Waals surface area (Å²) >= 11 is 0. The Morgan fingerprint density at radius 2 is 2.17 bits per heavy atom. The van der Waals surface area contributed by atoms with Crippen molar-refractivity contribution in [3.05, 3.63) is 28.6 Å².